The Balaban J connectivity index is 0.000000448. The largest absolute Gasteiger partial charge is 0.361 e. The summed E-state index contributed by atoms with van der Waals surface area (Å²) in [5, 5.41) is 3.45. The van der Waals surface area contributed by atoms with Crippen molar-refractivity contribution >= 4 is 22.4 Å². The summed E-state index contributed by atoms with van der Waals surface area (Å²) in [6, 6.07) is 46.9. The zero-order valence-corrected chi connectivity index (χ0v) is 37.5. The maximum Gasteiger partial charge on any atom is 0.185 e. The van der Waals surface area contributed by atoms with Crippen LogP contribution in [0.5, 0.6) is 0 Å². The summed E-state index contributed by atoms with van der Waals surface area (Å²) < 4.78 is 15.5. The van der Waals surface area contributed by atoms with Gasteiger partial charge in [-0.05, 0) is 12.1 Å². The Morgan fingerprint density at radius 2 is 0.965 bits per heavy atom. The monoisotopic (exact) mass is 807 g/mol. The van der Waals surface area contributed by atoms with Crippen LogP contribution in [0.2, 0.25) is 51.4 Å². The van der Waals surface area contributed by atoms with Crippen molar-refractivity contribution in [1.82, 2.24) is 24.4 Å². The molecule has 0 unspecified atom stereocenters. The zero-order valence-electron chi connectivity index (χ0n) is 35.5. The van der Waals surface area contributed by atoms with E-state index in [1.54, 1.807) is 4.57 Å². The number of hydrogen-bond donors (Lipinski definition) is 1. The van der Waals surface area contributed by atoms with Crippen molar-refractivity contribution in [1.29, 1.82) is 0 Å². The molecule has 6 rings (SSSR count). The Labute approximate surface area is 347 Å². The van der Waals surface area contributed by atoms with Gasteiger partial charge in [0, 0.05) is 61.8 Å². The van der Waals surface area contributed by atoms with Crippen LogP contribution in [0.4, 0.5) is 0 Å². The normalized spacial score (nSPS) is 11.0. The van der Waals surface area contributed by atoms with Crippen LogP contribution in [-0.2, 0) is 29.5 Å². The molecule has 0 aliphatic carbocycles. The molecule has 6 aromatic rings. The average Bonchev–Trinajstić information content (AvgIpc) is 3.83. The third-order valence-corrected chi connectivity index (χ3v) is 11.8. The van der Waals surface area contributed by atoms with E-state index in [0.717, 1.165) is 60.4 Å². The lowest BCUT2D eigenvalue weighted by atomic mass is 10.2. The number of nitrogens with zero attached hydrogens (tertiary/aromatic N) is 4. The SMILES string of the molecule is CC(C)NCc1nc(-c2ccccc2)cn1COCC[Si](C)(C)C.C[Si](C)(C)CCOCn1cc(-c2ccccc2)nc1C=O.[HH].[HH].c1ccccc1.c1ccccc1. The molecular formula is C47H69N5O3Si2. The molecule has 2 heterocycles. The summed E-state index contributed by atoms with van der Waals surface area (Å²) in [6.45, 7) is 21.6. The van der Waals surface area contributed by atoms with Crippen molar-refractivity contribution in [3.8, 4) is 22.5 Å². The molecule has 2 aromatic heterocycles. The van der Waals surface area contributed by atoms with Crippen LogP contribution in [0.25, 0.3) is 22.5 Å². The number of hydrogen-bond acceptors (Lipinski definition) is 6. The average molecular weight is 808 g/mol. The van der Waals surface area contributed by atoms with Crippen LogP contribution >= 0.6 is 0 Å². The van der Waals surface area contributed by atoms with E-state index >= 15 is 0 Å². The number of benzene rings is 4. The molecule has 0 fully saturated rings. The number of aldehydes is 1. The molecule has 308 valence electrons. The van der Waals surface area contributed by atoms with Crippen LogP contribution in [0, 0.1) is 0 Å². The van der Waals surface area contributed by atoms with E-state index in [1.807, 2.05) is 128 Å². The Kier molecular flexibility index (Phi) is 20.9. The molecule has 10 heteroatoms. The first-order valence-electron chi connectivity index (χ1n) is 19.9. The predicted octanol–water partition coefficient (Wildman–Crippen LogP) is 11.9. The topological polar surface area (TPSA) is 83.2 Å². The van der Waals surface area contributed by atoms with Gasteiger partial charge in [0.15, 0.2) is 12.1 Å². The van der Waals surface area contributed by atoms with Gasteiger partial charge in [0.2, 0.25) is 0 Å². The van der Waals surface area contributed by atoms with Crippen LogP contribution in [0.15, 0.2) is 146 Å². The number of imidazole rings is 2. The second-order valence-electron chi connectivity index (χ2n) is 16.4. The van der Waals surface area contributed by atoms with Crippen molar-refractivity contribution in [3.63, 3.8) is 0 Å². The highest BCUT2D eigenvalue weighted by Crippen LogP contribution is 2.20. The Bertz CT molecular complexity index is 1830. The lowest BCUT2D eigenvalue weighted by Gasteiger charge is -2.16. The molecule has 57 heavy (non-hydrogen) atoms. The quantitative estimate of drug-likeness (QED) is 0.0596. The molecule has 0 aliphatic heterocycles. The highest BCUT2D eigenvalue weighted by molar-refractivity contribution is 6.76. The minimum absolute atomic E-state index is 0. The Hall–Kier alpha value is -4.72. The van der Waals surface area contributed by atoms with Gasteiger partial charge in [-0.1, -0.05) is 187 Å². The lowest BCUT2D eigenvalue weighted by molar-refractivity contribution is 0.0832. The zero-order chi connectivity index (χ0) is 41.4. The molecular weight excluding hydrogens is 739 g/mol. The number of aromatic nitrogens is 4. The number of carbonyl (C=O) groups is 1. The van der Waals surface area contributed by atoms with Crippen molar-refractivity contribution in [2.75, 3.05) is 13.2 Å². The molecule has 0 saturated carbocycles. The van der Waals surface area contributed by atoms with E-state index < -0.39 is 16.1 Å². The lowest BCUT2D eigenvalue weighted by Crippen LogP contribution is -2.25. The second kappa shape index (κ2) is 25.5. The molecule has 0 spiro atoms. The van der Waals surface area contributed by atoms with E-state index in [4.69, 9.17) is 14.5 Å². The van der Waals surface area contributed by atoms with E-state index in [1.165, 1.54) is 6.04 Å². The van der Waals surface area contributed by atoms with E-state index in [-0.39, 0.29) is 2.85 Å². The Morgan fingerprint density at radius 3 is 1.35 bits per heavy atom. The fourth-order valence-corrected chi connectivity index (χ4v) is 6.49. The Morgan fingerprint density at radius 1 is 0.596 bits per heavy atom. The summed E-state index contributed by atoms with van der Waals surface area (Å²) in [7, 11) is -2.13. The molecule has 0 atom stereocenters. The summed E-state index contributed by atoms with van der Waals surface area (Å²) >= 11 is 0. The second-order valence-corrected chi connectivity index (χ2v) is 27.6. The van der Waals surface area contributed by atoms with E-state index in [0.29, 0.717) is 25.3 Å². The number of rotatable bonds is 16. The van der Waals surface area contributed by atoms with Crippen molar-refractivity contribution < 1.29 is 17.1 Å². The van der Waals surface area contributed by atoms with Gasteiger partial charge in [-0.25, -0.2) is 9.97 Å². The number of nitrogens with one attached hydrogen (secondary N) is 1. The third kappa shape index (κ3) is 20.3. The first kappa shape index (κ1) is 46.7. The first-order valence-corrected chi connectivity index (χ1v) is 27.3. The highest BCUT2D eigenvalue weighted by Gasteiger charge is 2.15. The smallest absolute Gasteiger partial charge is 0.185 e. The predicted molar refractivity (Wildman–Crippen MR) is 248 cm³/mol. The minimum atomic E-state index is -1.08. The van der Waals surface area contributed by atoms with Gasteiger partial charge in [-0.2, -0.15) is 0 Å². The molecule has 0 saturated heterocycles. The summed E-state index contributed by atoms with van der Waals surface area (Å²) in [4.78, 5) is 20.3. The van der Waals surface area contributed by atoms with Crippen molar-refractivity contribution in [2.45, 2.75) is 91.3 Å². The maximum absolute atomic E-state index is 11.1. The van der Waals surface area contributed by atoms with Gasteiger partial charge in [-0.15, -0.1) is 0 Å². The van der Waals surface area contributed by atoms with Gasteiger partial charge in [0.25, 0.3) is 0 Å². The molecule has 0 radical (unpaired) electrons. The van der Waals surface area contributed by atoms with Crippen LogP contribution in [0.1, 0.15) is 33.1 Å². The molecule has 8 nitrogen and oxygen atoms in total. The van der Waals surface area contributed by atoms with Gasteiger partial charge in [0.1, 0.15) is 19.3 Å². The van der Waals surface area contributed by atoms with Crippen molar-refractivity contribution in [3.05, 3.63) is 158 Å². The third-order valence-electron chi connectivity index (χ3n) is 8.37. The van der Waals surface area contributed by atoms with Gasteiger partial charge in [0.05, 0.1) is 17.9 Å². The van der Waals surface area contributed by atoms with Gasteiger partial charge < -0.3 is 23.9 Å². The first-order chi connectivity index (χ1) is 27.3. The van der Waals surface area contributed by atoms with Crippen LogP contribution < -0.4 is 5.32 Å². The minimum Gasteiger partial charge on any atom is -0.361 e. The van der Waals surface area contributed by atoms with Crippen molar-refractivity contribution in [2.24, 2.45) is 0 Å². The maximum atomic E-state index is 11.1. The standard InChI is InChI=1S/C19H31N3OSi.C16H22N2O2Si.2C6H6.2H2/c1-16(2)20-13-19-21-18(17-9-7-6-8-10-17)14-22(19)15-23-11-12-24(3,4)5;1-21(2,3)10-9-20-13-18-11-15(17-16(18)12-19)14-7-5-4-6-8-14;2*1-2-4-6-5-3-1;;/h6-10,14,16,20H,11-13,15H2,1-5H3;4-8,11-12H,9-10,13H2,1-3H3;2*1-6H;2*1H. The van der Waals surface area contributed by atoms with Gasteiger partial charge >= 0.3 is 0 Å². The summed E-state index contributed by atoms with van der Waals surface area (Å²) in [5.41, 5.74) is 3.95. The summed E-state index contributed by atoms with van der Waals surface area (Å²) in [5.74, 6) is 1.43. The van der Waals surface area contributed by atoms with E-state index in [2.05, 4.69) is 86.3 Å². The summed E-state index contributed by atoms with van der Waals surface area (Å²) in [6.07, 6.45) is 4.74. The van der Waals surface area contributed by atoms with Crippen LogP contribution in [0.3, 0.4) is 0 Å². The van der Waals surface area contributed by atoms with Gasteiger partial charge in [-0.3, -0.25) is 4.79 Å². The fraction of sp³-hybridized carbons (Fsp3) is 0.340. The molecule has 0 bridgehead atoms. The molecule has 0 aliphatic rings. The number of ether oxygens (including phenoxy) is 2. The molecule has 4 aromatic carbocycles. The molecule has 0 amide bonds. The highest BCUT2D eigenvalue weighted by atomic mass is 28.3. The molecule has 1 N–H and O–H groups in total. The van der Waals surface area contributed by atoms with Crippen LogP contribution in [-0.4, -0.2) is 60.8 Å². The van der Waals surface area contributed by atoms with E-state index in [9.17, 15) is 4.79 Å². The number of carbonyl (C=O) groups excluding carboxylic acids is 1. The fourth-order valence-electron chi connectivity index (χ4n) is 4.98.